The van der Waals surface area contributed by atoms with Crippen LogP contribution in [0.25, 0.3) is 0 Å². The molecule has 0 aliphatic rings. The van der Waals surface area contributed by atoms with E-state index in [0.717, 1.165) is 12.0 Å². The molecule has 0 heterocycles. The fourth-order valence-electron chi connectivity index (χ4n) is 1.23. The van der Waals surface area contributed by atoms with Crippen molar-refractivity contribution >= 4 is 12.2 Å². The second-order valence-corrected chi connectivity index (χ2v) is 3.51. The monoisotopic (exact) mass is 211 g/mol. The molecule has 1 unspecified atom stereocenters. The van der Waals surface area contributed by atoms with Gasteiger partial charge in [0.2, 0.25) is 0 Å². The minimum absolute atomic E-state index is 0.277. The average molecular weight is 211 g/mol. The molecule has 0 aliphatic carbocycles. The van der Waals surface area contributed by atoms with Crippen LogP contribution in [-0.4, -0.2) is 25.8 Å². The molecule has 0 aromatic carbocycles. The molecule has 0 amide bonds. The smallest absolute Gasteiger partial charge is 0.339 e. The maximum Gasteiger partial charge on any atom is 0.339 e. The summed E-state index contributed by atoms with van der Waals surface area (Å²) in [5.41, 5.74) is 1.63. The fraction of sp³-hybridized carbons (Fsp3) is 0.667. The first-order chi connectivity index (χ1) is 7.08. The highest BCUT2D eigenvalue weighted by Crippen LogP contribution is 2.17. The van der Waals surface area contributed by atoms with Crippen molar-refractivity contribution in [2.75, 3.05) is 13.7 Å². The Bertz CT molecular complexity index is 267. The Morgan fingerprint density at radius 1 is 1.47 bits per heavy atom. The van der Waals surface area contributed by atoms with Gasteiger partial charge in [-0.15, -0.1) is 0 Å². The third-order valence-electron chi connectivity index (χ3n) is 2.53. The van der Waals surface area contributed by atoms with Gasteiger partial charge in [0.05, 0.1) is 12.2 Å². The maximum atomic E-state index is 11.6. The molecule has 3 heteroatoms. The Morgan fingerprint density at radius 2 is 2.07 bits per heavy atom. The fourth-order valence-corrected chi connectivity index (χ4v) is 1.23. The molecule has 0 aliphatic heterocycles. The number of carbonyl (C=O) groups is 1. The lowest BCUT2D eigenvalue weighted by molar-refractivity contribution is -0.137. The van der Waals surface area contributed by atoms with Crippen LogP contribution in [0.2, 0.25) is 0 Å². The zero-order valence-electron chi connectivity index (χ0n) is 10.3. The normalized spacial score (nSPS) is 15.0. The maximum absolute atomic E-state index is 11.6. The summed E-state index contributed by atoms with van der Waals surface area (Å²) in [6, 6.07) is 0. The Hall–Kier alpha value is -1.12. The second kappa shape index (κ2) is 7.21. The van der Waals surface area contributed by atoms with Crippen LogP contribution in [-0.2, 0) is 9.53 Å². The lowest BCUT2D eigenvalue weighted by atomic mass is 9.95. The largest absolute Gasteiger partial charge is 0.462 e. The van der Waals surface area contributed by atoms with Gasteiger partial charge in [-0.1, -0.05) is 19.4 Å². The molecule has 0 aromatic heterocycles. The van der Waals surface area contributed by atoms with Crippen molar-refractivity contribution in [1.29, 1.82) is 0 Å². The van der Waals surface area contributed by atoms with E-state index in [4.69, 9.17) is 4.74 Å². The first kappa shape index (κ1) is 13.9. The van der Waals surface area contributed by atoms with Crippen LogP contribution in [0.3, 0.4) is 0 Å². The number of hydrogen-bond acceptors (Lipinski definition) is 3. The third-order valence-corrected chi connectivity index (χ3v) is 2.53. The Balaban J connectivity index is 5.00. The average Bonchev–Trinajstić information content (AvgIpc) is 2.24. The van der Waals surface area contributed by atoms with Crippen LogP contribution >= 0.6 is 0 Å². The van der Waals surface area contributed by atoms with Crippen molar-refractivity contribution in [3.8, 4) is 0 Å². The summed E-state index contributed by atoms with van der Waals surface area (Å²) in [7, 11) is 1.66. The summed E-state index contributed by atoms with van der Waals surface area (Å²) >= 11 is 0. The number of aliphatic imine (C=N–C) groups is 1. The highest BCUT2D eigenvalue weighted by molar-refractivity contribution is 6.10. The van der Waals surface area contributed by atoms with E-state index in [2.05, 4.69) is 18.8 Å². The van der Waals surface area contributed by atoms with E-state index in [9.17, 15) is 4.79 Å². The number of rotatable bonds is 5. The summed E-state index contributed by atoms with van der Waals surface area (Å²) in [4.78, 5) is 15.5. The molecular formula is C12H21NO2. The molecule has 0 aromatic rings. The number of ether oxygens (including phenoxy) is 1. The lowest BCUT2D eigenvalue weighted by Gasteiger charge is -2.12. The Kier molecular flexibility index (Phi) is 6.67. The van der Waals surface area contributed by atoms with E-state index < -0.39 is 0 Å². The SMILES string of the molecule is CCOC(=O)C(/C=N\C)=C(\C)C(C)CC. The van der Waals surface area contributed by atoms with E-state index in [-0.39, 0.29) is 5.97 Å². The molecule has 0 rings (SSSR count). The molecule has 0 spiro atoms. The predicted octanol–water partition coefficient (Wildman–Crippen LogP) is 2.61. The van der Waals surface area contributed by atoms with E-state index >= 15 is 0 Å². The van der Waals surface area contributed by atoms with Gasteiger partial charge in [-0.25, -0.2) is 4.79 Å². The minimum Gasteiger partial charge on any atom is -0.462 e. The minimum atomic E-state index is -0.277. The number of esters is 1. The first-order valence-corrected chi connectivity index (χ1v) is 5.38. The predicted molar refractivity (Wildman–Crippen MR) is 63.2 cm³/mol. The van der Waals surface area contributed by atoms with Crippen molar-refractivity contribution in [3.63, 3.8) is 0 Å². The lowest BCUT2D eigenvalue weighted by Crippen LogP contribution is -2.13. The van der Waals surface area contributed by atoms with Crippen molar-refractivity contribution in [2.24, 2.45) is 10.9 Å². The molecule has 0 N–H and O–H groups in total. The van der Waals surface area contributed by atoms with Crippen LogP contribution in [0.1, 0.15) is 34.1 Å². The number of carbonyl (C=O) groups excluding carboxylic acids is 1. The van der Waals surface area contributed by atoms with Crippen molar-refractivity contribution < 1.29 is 9.53 Å². The summed E-state index contributed by atoms with van der Waals surface area (Å²) in [5.74, 6) is 0.100. The van der Waals surface area contributed by atoms with Crippen molar-refractivity contribution in [3.05, 3.63) is 11.1 Å². The topological polar surface area (TPSA) is 38.7 Å². The van der Waals surface area contributed by atoms with Crippen LogP contribution < -0.4 is 0 Å². The zero-order chi connectivity index (χ0) is 11.8. The van der Waals surface area contributed by atoms with Gasteiger partial charge in [0.15, 0.2) is 0 Å². The molecule has 0 saturated carbocycles. The van der Waals surface area contributed by atoms with E-state index in [0.29, 0.717) is 18.1 Å². The molecule has 86 valence electrons. The summed E-state index contributed by atoms with van der Waals surface area (Å²) in [5, 5.41) is 0. The Morgan fingerprint density at radius 3 is 2.47 bits per heavy atom. The standard InChI is InChI=1S/C12H21NO2/c1-6-9(3)10(4)11(8-13-5)12(14)15-7-2/h8-9H,6-7H2,1-5H3/b11-10+,13-8-. The van der Waals surface area contributed by atoms with Crippen molar-refractivity contribution in [1.82, 2.24) is 0 Å². The molecule has 15 heavy (non-hydrogen) atoms. The molecule has 0 radical (unpaired) electrons. The van der Waals surface area contributed by atoms with Crippen LogP contribution in [0, 0.1) is 5.92 Å². The van der Waals surface area contributed by atoms with Gasteiger partial charge in [-0.05, 0) is 26.2 Å². The molecule has 3 nitrogen and oxygen atoms in total. The number of allylic oxidation sites excluding steroid dienone is 1. The summed E-state index contributed by atoms with van der Waals surface area (Å²) in [6.07, 6.45) is 2.59. The van der Waals surface area contributed by atoms with Crippen LogP contribution in [0.15, 0.2) is 16.1 Å². The highest BCUT2D eigenvalue weighted by atomic mass is 16.5. The van der Waals surface area contributed by atoms with Gasteiger partial charge in [0, 0.05) is 13.3 Å². The van der Waals surface area contributed by atoms with Gasteiger partial charge >= 0.3 is 5.97 Å². The van der Waals surface area contributed by atoms with Gasteiger partial charge in [-0.2, -0.15) is 0 Å². The first-order valence-electron chi connectivity index (χ1n) is 5.38. The van der Waals surface area contributed by atoms with Crippen LogP contribution in [0.5, 0.6) is 0 Å². The molecule has 1 atom stereocenters. The van der Waals surface area contributed by atoms with E-state index in [1.807, 2.05) is 6.92 Å². The quantitative estimate of drug-likeness (QED) is 0.398. The highest BCUT2D eigenvalue weighted by Gasteiger charge is 2.14. The number of nitrogens with zero attached hydrogens (tertiary/aromatic N) is 1. The zero-order valence-corrected chi connectivity index (χ0v) is 10.3. The van der Waals surface area contributed by atoms with E-state index in [1.54, 1.807) is 20.2 Å². The van der Waals surface area contributed by atoms with Crippen molar-refractivity contribution in [2.45, 2.75) is 34.1 Å². The second-order valence-electron chi connectivity index (χ2n) is 3.51. The molecule has 0 saturated heterocycles. The van der Waals surface area contributed by atoms with Gasteiger partial charge in [0.1, 0.15) is 0 Å². The van der Waals surface area contributed by atoms with Crippen LogP contribution in [0.4, 0.5) is 0 Å². The third kappa shape index (κ3) is 4.28. The van der Waals surface area contributed by atoms with Gasteiger partial charge < -0.3 is 4.74 Å². The molecular weight excluding hydrogens is 190 g/mol. The number of hydrogen-bond donors (Lipinski definition) is 0. The van der Waals surface area contributed by atoms with Gasteiger partial charge in [0.25, 0.3) is 0 Å². The molecule has 0 fully saturated rings. The van der Waals surface area contributed by atoms with E-state index in [1.165, 1.54) is 0 Å². The van der Waals surface area contributed by atoms with Gasteiger partial charge in [-0.3, -0.25) is 4.99 Å². The Labute approximate surface area is 92.2 Å². The molecule has 0 bridgehead atoms. The summed E-state index contributed by atoms with van der Waals surface area (Å²) < 4.78 is 4.98. The summed E-state index contributed by atoms with van der Waals surface area (Å²) in [6.45, 7) is 8.35.